The summed E-state index contributed by atoms with van der Waals surface area (Å²) < 4.78 is 1.18. The molecule has 116 valence electrons. The van der Waals surface area contributed by atoms with Crippen LogP contribution >= 0.6 is 0 Å². The molecule has 1 aliphatic carbocycles. The predicted octanol–water partition coefficient (Wildman–Crippen LogP) is 1.49. The predicted molar refractivity (Wildman–Crippen MR) is 83.4 cm³/mol. The number of hydrogen-bond acceptors (Lipinski definition) is 4. The molecule has 0 radical (unpaired) electrons. The molecule has 2 unspecified atom stereocenters. The van der Waals surface area contributed by atoms with Gasteiger partial charge in [-0.1, -0.05) is 19.8 Å². The van der Waals surface area contributed by atoms with Crippen LogP contribution in [0.1, 0.15) is 32.6 Å². The highest BCUT2D eigenvalue weighted by atomic mass is 16.2. The van der Waals surface area contributed by atoms with Crippen molar-refractivity contribution in [1.29, 1.82) is 0 Å². The summed E-state index contributed by atoms with van der Waals surface area (Å²) >= 11 is 0. The van der Waals surface area contributed by atoms with Crippen LogP contribution in [-0.4, -0.2) is 26.7 Å². The molecule has 2 aromatic heterocycles. The quantitative estimate of drug-likeness (QED) is 0.931. The van der Waals surface area contributed by atoms with Crippen molar-refractivity contribution in [3.63, 3.8) is 0 Å². The lowest BCUT2D eigenvalue weighted by Gasteiger charge is -2.29. The summed E-state index contributed by atoms with van der Waals surface area (Å²) in [7, 11) is 0. The van der Waals surface area contributed by atoms with Crippen molar-refractivity contribution in [1.82, 2.24) is 20.1 Å². The molecule has 0 aromatic carbocycles. The van der Waals surface area contributed by atoms with Gasteiger partial charge in [0.1, 0.15) is 12.1 Å². The van der Waals surface area contributed by atoms with Crippen LogP contribution in [0.3, 0.4) is 0 Å². The Morgan fingerprint density at radius 3 is 3.05 bits per heavy atom. The van der Waals surface area contributed by atoms with Crippen LogP contribution in [0.4, 0.5) is 0 Å². The minimum absolute atomic E-state index is 0.0609. The van der Waals surface area contributed by atoms with Gasteiger partial charge in [0.25, 0.3) is 5.56 Å². The van der Waals surface area contributed by atoms with Gasteiger partial charge < -0.3 is 5.32 Å². The van der Waals surface area contributed by atoms with E-state index in [0.717, 1.165) is 19.3 Å². The summed E-state index contributed by atoms with van der Waals surface area (Å²) in [6.07, 6.45) is 7.66. The number of carbonyl (C=O) groups is 1. The molecular weight excluding hydrogens is 280 g/mol. The third-order valence-corrected chi connectivity index (χ3v) is 4.36. The van der Waals surface area contributed by atoms with E-state index < -0.39 is 0 Å². The molecule has 0 bridgehead atoms. The van der Waals surface area contributed by atoms with Gasteiger partial charge in [-0.05, 0) is 30.9 Å². The maximum Gasteiger partial charge on any atom is 0.293 e. The summed E-state index contributed by atoms with van der Waals surface area (Å²) in [5, 5.41) is 7.78. The minimum Gasteiger partial charge on any atom is -0.351 e. The molecule has 2 heterocycles. The Kier molecular flexibility index (Phi) is 4.18. The molecule has 6 heteroatoms. The minimum atomic E-state index is -0.329. The zero-order valence-corrected chi connectivity index (χ0v) is 12.7. The second-order valence-electron chi connectivity index (χ2n) is 5.98. The van der Waals surface area contributed by atoms with E-state index in [4.69, 9.17) is 0 Å². The summed E-state index contributed by atoms with van der Waals surface area (Å²) in [4.78, 5) is 28.5. The Morgan fingerprint density at radius 1 is 1.41 bits per heavy atom. The molecule has 1 fully saturated rings. The fourth-order valence-corrected chi connectivity index (χ4v) is 3.04. The maximum absolute atomic E-state index is 12.3. The van der Waals surface area contributed by atoms with Gasteiger partial charge >= 0.3 is 0 Å². The molecule has 2 aromatic rings. The number of hydrogen-bond donors (Lipinski definition) is 1. The molecule has 0 saturated heterocycles. The molecule has 22 heavy (non-hydrogen) atoms. The standard InChI is InChI=1S/C16H20N4O2/c1-11-5-2-3-7-13(11)19-14(21)10-20-16(22)15-12(9-18-20)6-4-8-17-15/h4,6,8-9,11,13H,2-3,5,7,10H2,1H3,(H,19,21). The molecule has 3 rings (SSSR count). The van der Waals surface area contributed by atoms with Crippen LogP contribution in [0.2, 0.25) is 0 Å². The van der Waals surface area contributed by atoms with E-state index in [-0.39, 0.29) is 24.1 Å². The number of nitrogens with one attached hydrogen (secondary N) is 1. The van der Waals surface area contributed by atoms with Gasteiger partial charge in [-0.3, -0.25) is 14.6 Å². The Balaban J connectivity index is 1.74. The number of rotatable bonds is 3. The zero-order valence-electron chi connectivity index (χ0n) is 12.7. The molecular formula is C16H20N4O2. The first kappa shape index (κ1) is 14.7. The van der Waals surface area contributed by atoms with E-state index in [9.17, 15) is 9.59 Å². The monoisotopic (exact) mass is 300 g/mol. The van der Waals surface area contributed by atoms with E-state index in [1.165, 1.54) is 11.1 Å². The largest absolute Gasteiger partial charge is 0.351 e. The SMILES string of the molecule is CC1CCCCC1NC(=O)Cn1ncc2cccnc2c1=O. The van der Waals surface area contributed by atoms with Gasteiger partial charge in [0, 0.05) is 17.6 Å². The van der Waals surface area contributed by atoms with Crippen LogP contribution in [0.15, 0.2) is 29.3 Å². The topological polar surface area (TPSA) is 76.9 Å². The molecule has 0 aliphatic heterocycles. The van der Waals surface area contributed by atoms with Crippen LogP contribution in [0, 0.1) is 5.92 Å². The Morgan fingerprint density at radius 2 is 2.23 bits per heavy atom. The summed E-state index contributed by atoms with van der Waals surface area (Å²) in [5.41, 5.74) is 0.0151. The number of nitrogens with zero attached hydrogens (tertiary/aromatic N) is 3. The van der Waals surface area contributed by atoms with Gasteiger partial charge in [-0.15, -0.1) is 0 Å². The van der Waals surface area contributed by atoms with Gasteiger partial charge in [-0.25, -0.2) is 4.68 Å². The van der Waals surface area contributed by atoms with Gasteiger partial charge in [-0.2, -0.15) is 5.10 Å². The first-order valence-corrected chi connectivity index (χ1v) is 7.75. The molecule has 1 amide bonds. The van der Waals surface area contributed by atoms with Crippen molar-refractivity contribution in [2.24, 2.45) is 5.92 Å². The average molecular weight is 300 g/mol. The van der Waals surface area contributed by atoms with E-state index in [1.807, 2.05) is 0 Å². The van der Waals surface area contributed by atoms with Gasteiger partial charge in [0.2, 0.25) is 5.91 Å². The summed E-state index contributed by atoms with van der Waals surface area (Å²) in [5.74, 6) is 0.323. The second kappa shape index (κ2) is 6.25. The maximum atomic E-state index is 12.3. The lowest BCUT2D eigenvalue weighted by molar-refractivity contribution is -0.123. The number of amides is 1. The molecule has 1 saturated carbocycles. The van der Waals surface area contributed by atoms with Crippen molar-refractivity contribution in [3.8, 4) is 0 Å². The smallest absolute Gasteiger partial charge is 0.293 e. The number of pyridine rings is 1. The van der Waals surface area contributed by atoms with E-state index >= 15 is 0 Å². The molecule has 0 spiro atoms. The van der Waals surface area contributed by atoms with Crippen molar-refractivity contribution < 1.29 is 4.79 Å². The normalized spacial score (nSPS) is 21.7. The van der Waals surface area contributed by atoms with Crippen LogP contribution in [-0.2, 0) is 11.3 Å². The highest BCUT2D eigenvalue weighted by Crippen LogP contribution is 2.23. The molecule has 1 aliphatic rings. The molecule has 2 atom stereocenters. The number of fused-ring (bicyclic) bond motifs is 1. The fraction of sp³-hybridized carbons (Fsp3) is 0.500. The average Bonchev–Trinajstić information content (AvgIpc) is 2.53. The van der Waals surface area contributed by atoms with Gasteiger partial charge in [0.05, 0.1) is 6.20 Å². The lowest BCUT2D eigenvalue weighted by Crippen LogP contribution is -2.43. The Hall–Kier alpha value is -2.24. The van der Waals surface area contributed by atoms with Crippen molar-refractivity contribution in [2.75, 3.05) is 0 Å². The van der Waals surface area contributed by atoms with Crippen LogP contribution in [0.25, 0.3) is 10.9 Å². The first-order chi connectivity index (χ1) is 10.6. The molecule has 1 N–H and O–H groups in total. The van der Waals surface area contributed by atoms with E-state index in [2.05, 4.69) is 22.3 Å². The van der Waals surface area contributed by atoms with E-state index in [0.29, 0.717) is 16.8 Å². The van der Waals surface area contributed by atoms with Crippen molar-refractivity contribution >= 4 is 16.8 Å². The number of aromatic nitrogens is 3. The third kappa shape index (κ3) is 3.00. The lowest BCUT2D eigenvalue weighted by atomic mass is 9.86. The first-order valence-electron chi connectivity index (χ1n) is 7.75. The fourth-order valence-electron chi connectivity index (χ4n) is 3.04. The molecule has 6 nitrogen and oxygen atoms in total. The van der Waals surface area contributed by atoms with Crippen LogP contribution < -0.4 is 10.9 Å². The van der Waals surface area contributed by atoms with Gasteiger partial charge in [0.15, 0.2) is 0 Å². The zero-order chi connectivity index (χ0) is 15.5. The van der Waals surface area contributed by atoms with Crippen LogP contribution in [0.5, 0.6) is 0 Å². The Bertz CT molecular complexity index is 740. The van der Waals surface area contributed by atoms with Crippen molar-refractivity contribution in [3.05, 3.63) is 34.9 Å². The third-order valence-electron chi connectivity index (χ3n) is 4.36. The highest BCUT2D eigenvalue weighted by molar-refractivity contribution is 5.78. The van der Waals surface area contributed by atoms with Crippen molar-refractivity contribution in [2.45, 2.75) is 45.2 Å². The second-order valence-corrected chi connectivity index (χ2v) is 5.98. The van der Waals surface area contributed by atoms with E-state index in [1.54, 1.807) is 24.5 Å². The summed E-state index contributed by atoms with van der Waals surface area (Å²) in [6.45, 7) is 2.10. The summed E-state index contributed by atoms with van der Waals surface area (Å²) in [6, 6.07) is 3.74. The highest BCUT2D eigenvalue weighted by Gasteiger charge is 2.23. The number of carbonyl (C=O) groups excluding carboxylic acids is 1. The Labute approximate surface area is 128 Å².